The quantitative estimate of drug-likeness (QED) is 0.864. The molecule has 0 radical (unpaired) electrons. The van der Waals surface area contributed by atoms with E-state index in [0.29, 0.717) is 6.54 Å². The van der Waals surface area contributed by atoms with Crippen molar-refractivity contribution in [2.24, 2.45) is 10.9 Å². The van der Waals surface area contributed by atoms with Gasteiger partial charge in [0.1, 0.15) is 0 Å². The molecule has 1 heterocycles. The van der Waals surface area contributed by atoms with Crippen molar-refractivity contribution in [1.29, 1.82) is 0 Å². The van der Waals surface area contributed by atoms with Crippen LogP contribution in [0.3, 0.4) is 0 Å². The van der Waals surface area contributed by atoms with Crippen LogP contribution in [0.1, 0.15) is 39.5 Å². The summed E-state index contributed by atoms with van der Waals surface area (Å²) in [6.45, 7) is 4.39. The molecule has 1 spiro atoms. The number of amidine groups is 1. The standard InChI is InChI=1S/C13H24N2O2S2/c1-3-19(16,17)8-7-14-12-15-13(10-18-12)6-4-5-11(2)9-13/h11H,3-10H2,1-2H3,(H,14,15). The van der Waals surface area contributed by atoms with Crippen molar-refractivity contribution in [2.75, 3.05) is 23.8 Å². The summed E-state index contributed by atoms with van der Waals surface area (Å²) in [5.41, 5.74) is 0.227. The Morgan fingerprint density at radius 3 is 3.00 bits per heavy atom. The maximum Gasteiger partial charge on any atom is 0.157 e. The van der Waals surface area contributed by atoms with Crippen LogP contribution in [0.4, 0.5) is 0 Å². The Labute approximate surface area is 120 Å². The highest BCUT2D eigenvalue weighted by Gasteiger charge is 2.40. The van der Waals surface area contributed by atoms with Crippen molar-refractivity contribution in [3.8, 4) is 0 Å². The summed E-state index contributed by atoms with van der Waals surface area (Å²) in [4.78, 5) is 4.42. The Kier molecular flexibility index (Phi) is 4.82. The lowest BCUT2D eigenvalue weighted by Crippen LogP contribution is -2.47. The van der Waals surface area contributed by atoms with E-state index in [4.69, 9.17) is 0 Å². The molecule has 2 rings (SSSR count). The van der Waals surface area contributed by atoms with Crippen LogP contribution in [0.15, 0.2) is 4.99 Å². The zero-order chi connectivity index (χ0) is 13.9. The van der Waals surface area contributed by atoms with Gasteiger partial charge in [0.05, 0.1) is 12.3 Å². The lowest BCUT2D eigenvalue weighted by atomic mass is 9.78. The van der Waals surface area contributed by atoms with Crippen molar-refractivity contribution >= 4 is 26.8 Å². The van der Waals surface area contributed by atoms with Gasteiger partial charge >= 0.3 is 0 Å². The molecule has 0 bridgehead atoms. The van der Waals surface area contributed by atoms with Gasteiger partial charge in [0.2, 0.25) is 0 Å². The van der Waals surface area contributed by atoms with Crippen molar-refractivity contribution in [2.45, 2.75) is 45.1 Å². The predicted octanol–water partition coefficient (Wildman–Crippen LogP) is 2.06. The van der Waals surface area contributed by atoms with Gasteiger partial charge in [-0.1, -0.05) is 38.5 Å². The number of thioether (sulfide) groups is 1. The fourth-order valence-electron chi connectivity index (χ4n) is 2.93. The van der Waals surface area contributed by atoms with E-state index in [9.17, 15) is 8.42 Å². The summed E-state index contributed by atoms with van der Waals surface area (Å²) in [6.07, 6.45) is 5.05. The summed E-state index contributed by atoms with van der Waals surface area (Å²) in [7, 11) is -2.90. The molecular formula is C13H24N2O2S2. The summed E-state index contributed by atoms with van der Waals surface area (Å²) >= 11 is 1.75. The highest BCUT2D eigenvalue weighted by atomic mass is 32.2. The first-order valence-corrected chi connectivity index (χ1v) is 9.91. The van der Waals surface area contributed by atoms with Gasteiger partial charge in [-0.05, 0) is 18.8 Å². The van der Waals surface area contributed by atoms with Crippen LogP contribution < -0.4 is 5.32 Å². The molecule has 1 saturated carbocycles. The Balaban J connectivity index is 1.87. The second kappa shape index (κ2) is 6.04. The van der Waals surface area contributed by atoms with Gasteiger partial charge in [0.25, 0.3) is 0 Å². The number of rotatable bonds is 4. The molecule has 0 aromatic carbocycles. The number of nitrogens with zero attached hydrogens (tertiary/aromatic N) is 1. The van der Waals surface area contributed by atoms with E-state index in [0.717, 1.165) is 16.8 Å². The Bertz CT molecular complexity index is 448. The van der Waals surface area contributed by atoms with E-state index in [2.05, 4.69) is 17.2 Å². The number of aliphatic imine (C=N–C) groups is 1. The molecule has 1 N–H and O–H groups in total. The first-order chi connectivity index (χ1) is 8.95. The van der Waals surface area contributed by atoms with Crippen LogP contribution in [-0.2, 0) is 9.84 Å². The molecule has 6 heteroatoms. The smallest absolute Gasteiger partial charge is 0.157 e. The van der Waals surface area contributed by atoms with Crippen molar-refractivity contribution < 1.29 is 8.42 Å². The second-order valence-electron chi connectivity index (χ2n) is 5.82. The van der Waals surface area contributed by atoms with Crippen LogP contribution in [0.2, 0.25) is 0 Å². The summed E-state index contributed by atoms with van der Waals surface area (Å²) in [5.74, 6) is 2.23. The van der Waals surface area contributed by atoms with Crippen LogP contribution in [0.5, 0.6) is 0 Å². The third-order valence-electron chi connectivity index (χ3n) is 4.05. The molecular weight excluding hydrogens is 280 g/mol. The minimum absolute atomic E-state index is 0.165. The van der Waals surface area contributed by atoms with Crippen molar-refractivity contribution in [1.82, 2.24) is 5.32 Å². The maximum absolute atomic E-state index is 11.4. The largest absolute Gasteiger partial charge is 0.359 e. The molecule has 2 aliphatic rings. The molecule has 1 saturated heterocycles. The summed E-state index contributed by atoms with van der Waals surface area (Å²) in [6, 6.07) is 0. The average Bonchev–Trinajstić information content (AvgIpc) is 2.72. The molecule has 4 nitrogen and oxygen atoms in total. The second-order valence-corrected chi connectivity index (χ2v) is 9.26. The Morgan fingerprint density at radius 1 is 1.53 bits per heavy atom. The SMILES string of the molecule is CCS(=O)(=O)CCN=C1NC2(CCCC(C)C2)CS1. The number of sulfone groups is 1. The lowest BCUT2D eigenvalue weighted by molar-refractivity contribution is 0.242. The Morgan fingerprint density at radius 2 is 2.32 bits per heavy atom. The highest BCUT2D eigenvalue weighted by Crippen LogP contribution is 2.38. The van der Waals surface area contributed by atoms with E-state index in [1.54, 1.807) is 18.7 Å². The zero-order valence-electron chi connectivity index (χ0n) is 11.8. The normalized spacial score (nSPS) is 33.8. The summed E-state index contributed by atoms with van der Waals surface area (Å²) < 4.78 is 22.8. The van der Waals surface area contributed by atoms with E-state index in [-0.39, 0.29) is 17.0 Å². The average molecular weight is 304 g/mol. The van der Waals surface area contributed by atoms with Gasteiger partial charge in [-0.2, -0.15) is 0 Å². The number of hydrogen-bond donors (Lipinski definition) is 1. The van der Waals surface area contributed by atoms with Gasteiger partial charge < -0.3 is 5.32 Å². The molecule has 0 aromatic heterocycles. The number of nitrogens with one attached hydrogen (secondary N) is 1. The van der Waals surface area contributed by atoms with Gasteiger partial charge in [-0.15, -0.1) is 0 Å². The van der Waals surface area contributed by atoms with Gasteiger partial charge in [0, 0.05) is 17.0 Å². The molecule has 1 aliphatic heterocycles. The van der Waals surface area contributed by atoms with Gasteiger partial charge in [0.15, 0.2) is 15.0 Å². The topological polar surface area (TPSA) is 58.5 Å². The van der Waals surface area contributed by atoms with Crippen molar-refractivity contribution in [3.05, 3.63) is 0 Å². The van der Waals surface area contributed by atoms with E-state index >= 15 is 0 Å². The Hall–Kier alpha value is -0.230. The summed E-state index contributed by atoms with van der Waals surface area (Å²) in [5, 5.41) is 4.50. The van der Waals surface area contributed by atoms with Crippen molar-refractivity contribution in [3.63, 3.8) is 0 Å². The molecule has 110 valence electrons. The number of hydrogen-bond acceptors (Lipinski definition) is 4. The van der Waals surface area contributed by atoms with Crippen LogP contribution >= 0.6 is 11.8 Å². The zero-order valence-corrected chi connectivity index (χ0v) is 13.4. The first-order valence-electron chi connectivity index (χ1n) is 7.10. The minimum atomic E-state index is -2.90. The van der Waals surface area contributed by atoms with Gasteiger partial charge in [-0.3, -0.25) is 4.99 Å². The van der Waals surface area contributed by atoms with Crippen LogP contribution in [-0.4, -0.2) is 42.9 Å². The molecule has 2 atom stereocenters. The molecule has 19 heavy (non-hydrogen) atoms. The third kappa shape index (κ3) is 4.12. The maximum atomic E-state index is 11.4. The third-order valence-corrected chi connectivity index (χ3v) is 6.93. The molecule has 1 aliphatic carbocycles. The molecule has 2 unspecified atom stereocenters. The first kappa shape index (κ1) is 15.2. The van der Waals surface area contributed by atoms with E-state index in [1.165, 1.54) is 25.7 Å². The molecule has 2 fully saturated rings. The van der Waals surface area contributed by atoms with E-state index < -0.39 is 9.84 Å². The van der Waals surface area contributed by atoms with Crippen LogP contribution in [0, 0.1) is 5.92 Å². The lowest BCUT2D eigenvalue weighted by Gasteiger charge is -2.36. The minimum Gasteiger partial charge on any atom is -0.359 e. The molecule has 0 aromatic rings. The fourth-order valence-corrected chi connectivity index (χ4v) is 4.80. The fraction of sp³-hybridized carbons (Fsp3) is 0.923. The highest BCUT2D eigenvalue weighted by molar-refractivity contribution is 8.14. The van der Waals surface area contributed by atoms with E-state index in [1.807, 2.05) is 0 Å². The van der Waals surface area contributed by atoms with Gasteiger partial charge in [-0.25, -0.2) is 8.42 Å². The van der Waals surface area contributed by atoms with Crippen LogP contribution in [0.25, 0.3) is 0 Å². The molecule has 0 amide bonds. The monoisotopic (exact) mass is 304 g/mol. The predicted molar refractivity (Wildman–Crippen MR) is 82.6 cm³/mol.